The lowest BCUT2D eigenvalue weighted by Gasteiger charge is -2.05. The van der Waals surface area contributed by atoms with Crippen molar-refractivity contribution in [2.45, 2.75) is 19.8 Å². The van der Waals surface area contributed by atoms with Gasteiger partial charge in [0.05, 0.1) is 0 Å². The van der Waals surface area contributed by atoms with E-state index >= 15 is 0 Å². The van der Waals surface area contributed by atoms with Crippen LogP contribution in [0.2, 0.25) is 0 Å². The Balaban J connectivity index is 0. The molecule has 0 heterocycles. The summed E-state index contributed by atoms with van der Waals surface area (Å²) >= 11 is 0. The molecule has 0 saturated heterocycles. The second-order valence-electron chi connectivity index (χ2n) is 3.69. The van der Waals surface area contributed by atoms with Crippen molar-refractivity contribution in [3.05, 3.63) is 35.9 Å². The second-order valence-corrected chi connectivity index (χ2v) is 3.69. The van der Waals surface area contributed by atoms with E-state index in [0.717, 1.165) is 32.6 Å². The maximum atomic E-state index is 3.45. The van der Waals surface area contributed by atoms with Gasteiger partial charge in [-0.25, -0.2) is 0 Å². The van der Waals surface area contributed by atoms with Crippen LogP contribution in [0.5, 0.6) is 0 Å². The third kappa shape index (κ3) is 10.6. The van der Waals surface area contributed by atoms with E-state index in [4.69, 9.17) is 0 Å². The molecule has 1 aromatic carbocycles. The van der Waals surface area contributed by atoms with Gasteiger partial charge in [-0.15, -0.1) is 24.8 Å². The van der Waals surface area contributed by atoms with E-state index in [1.54, 1.807) is 0 Å². The van der Waals surface area contributed by atoms with E-state index in [0.29, 0.717) is 0 Å². The normalized spacial score (nSPS) is 9.24. The Morgan fingerprint density at radius 1 is 0.882 bits per heavy atom. The highest BCUT2D eigenvalue weighted by atomic mass is 35.5. The largest absolute Gasteiger partial charge is 0.317 e. The lowest BCUT2D eigenvalue weighted by molar-refractivity contribution is 0.606. The first-order chi connectivity index (χ1) is 7.43. The van der Waals surface area contributed by atoms with Gasteiger partial charge in [-0.1, -0.05) is 37.3 Å². The molecule has 1 rings (SSSR count). The molecule has 0 atom stereocenters. The van der Waals surface area contributed by atoms with Crippen LogP contribution in [0.25, 0.3) is 0 Å². The van der Waals surface area contributed by atoms with Crippen LogP contribution in [0, 0.1) is 0 Å². The van der Waals surface area contributed by atoms with Crippen LogP contribution < -0.4 is 10.6 Å². The van der Waals surface area contributed by atoms with Crippen molar-refractivity contribution in [2.75, 3.05) is 26.2 Å². The Kier molecular flexibility index (Phi) is 15.5. The molecule has 0 aliphatic rings. The monoisotopic (exact) mass is 278 g/mol. The zero-order valence-corrected chi connectivity index (χ0v) is 12.1. The average Bonchev–Trinajstić information content (AvgIpc) is 2.29. The number of halogens is 2. The fourth-order valence-corrected chi connectivity index (χ4v) is 1.52. The molecule has 4 heteroatoms. The second kappa shape index (κ2) is 13.8. The third-order valence-corrected chi connectivity index (χ3v) is 2.39. The molecule has 0 fully saturated rings. The first kappa shape index (κ1) is 19.1. The van der Waals surface area contributed by atoms with E-state index in [2.05, 4.69) is 47.9 Å². The van der Waals surface area contributed by atoms with Gasteiger partial charge in [-0.2, -0.15) is 0 Å². The average molecular weight is 279 g/mol. The van der Waals surface area contributed by atoms with Gasteiger partial charge in [0.15, 0.2) is 0 Å². The highest BCUT2D eigenvalue weighted by molar-refractivity contribution is 5.85. The predicted molar refractivity (Wildman–Crippen MR) is 80.7 cm³/mol. The SMILES string of the molecule is CCNCCCNCCc1ccccc1.Cl.Cl. The van der Waals surface area contributed by atoms with Crippen LogP contribution in [-0.2, 0) is 6.42 Å². The van der Waals surface area contributed by atoms with Gasteiger partial charge in [-0.3, -0.25) is 0 Å². The van der Waals surface area contributed by atoms with Crippen molar-refractivity contribution < 1.29 is 0 Å². The maximum absolute atomic E-state index is 3.45. The van der Waals surface area contributed by atoms with E-state index < -0.39 is 0 Å². The summed E-state index contributed by atoms with van der Waals surface area (Å²) in [6.45, 7) is 6.53. The number of rotatable bonds is 8. The van der Waals surface area contributed by atoms with Crippen molar-refractivity contribution in [3.63, 3.8) is 0 Å². The van der Waals surface area contributed by atoms with Crippen molar-refractivity contribution in [2.24, 2.45) is 0 Å². The van der Waals surface area contributed by atoms with Crippen LogP contribution in [-0.4, -0.2) is 26.2 Å². The number of hydrogen-bond acceptors (Lipinski definition) is 2. The molecule has 0 spiro atoms. The molecule has 0 radical (unpaired) electrons. The fraction of sp³-hybridized carbons (Fsp3) is 0.538. The van der Waals surface area contributed by atoms with Gasteiger partial charge in [0.1, 0.15) is 0 Å². The smallest absolute Gasteiger partial charge is 0.000834 e. The molecule has 0 aliphatic heterocycles. The van der Waals surface area contributed by atoms with Gasteiger partial charge in [0.25, 0.3) is 0 Å². The molecule has 0 amide bonds. The Bertz CT molecular complexity index is 242. The van der Waals surface area contributed by atoms with Gasteiger partial charge in [0, 0.05) is 0 Å². The van der Waals surface area contributed by atoms with Crippen LogP contribution in [0.4, 0.5) is 0 Å². The summed E-state index contributed by atoms with van der Waals surface area (Å²) in [7, 11) is 0. The Labute approximate surface area is 117 Å². The van der Waals surface area contributed by atoms with Crippen molar-refractivity contribution in [1.29, 1.82) is 0 Å². The highest BCUT2D eigenvalue weighted by Crippen LogP contribution is 1.97. The van der Waals surface area contributed by atoms with Crippen LogP contribution >= 0.6 is 24.8 Å². The van der Waals surface area contributed by atoms with Gasteiger partial charge < -0.3 is 10.6 Å². The molecule has 0 aromatic heterocycles. The predicted octanol–water partition coefficient (Wildman–Crippen LogP) is 2.66. The molecule has 0 unspecified atom stereocenters. The number of nitrogens with one attached hydrogen (secondary N) is 2. The Morgan fingerprint density at radius 3 is 2.18 bits per heavy atom. The third-order valence-electron chi connectivity index (χ3n) is 2.39. The highest BCUT2D eigenvalue weighted by Gasteiger charge is 1.91. The summed E-state index contributed by atoms with van der Waals surface area (Å²) in [5.74, 6) is 0. The maximum Gasteiger partial charge on any atom is -0.000834 e. The zero-order chi connectivity index (χ0) is 10.8. The topological polar surface area (TPSA) is 24.1 Å². The lowest BCUT2D eigenvalue weighted by Crippen LogP contribution is -2.23. The molecule has 2 nitrogen and oxygen atoms in total. The molecule has 0 aliphatic carbocycles. The van der Waals surface area contributed by atoms with Gasteiger partial charge in [-0.05, 0) is 44.6 Å². The van der Waals surface area contributed by atoms with Gasteiger partial charge in [0.2, 0.25) is 0 Å². The Morgan fingerprint density at radius 2 is 1.53 bits per heavy atom. The van der Waals surface area contributed by atoms with Crippen molar-refractivity contribution >= 4 is 24.8 Å². The molecule has 17 heavy (non-hydrogen) atoms. The molecule has 2 N–H and O–H groups in total. The van der Waals surface area contributed by atoms with E-state index in [1.165, 1.54) is 12.0 Å². The number of benzene rings is 1. The first-order valence-corrected chi connectivity index (χ1v) is 5.89. The summed E-state index contributed by atoms with van der Waals surface area (Å²) in [4.78, 5) is 0. The molecule has 100 valence electrons. The molecular weight excluding hydrogens is 255 g/mol. The van der Waals surface area contributed by atoms with E-state index in [9.17, 15) is 0 Å². The van der Waals surface area contributed by atoms with E-state index in [1.807, 2.05) is 0 Å². The van der Waals surface area contributed by atoms with Crippen LogP contribution in [0.3, 0.4) is 0 Å². The van der Waals surface area contributed by atoms with Crippen LogP contribution in [0.15, 0.2) is 30.3 Å². The standard InChI is InChI=1S/C13H22N2.2ClH/c1-2-14-10-6-11-15-12-9-13-7-4-3-5-8-13;;/h3-5,7-8,14-15H,2,6,9-12H2,1H3;2*1H. The summed E-state index contributed by atoms with van der Waals surface area (Å²) in [5, 5.41) is 6.77. The number of hydrogen-bond donors (Lipinski definition) is 2. The summed E-state index contributed by atoms with van der Waals surface area (Å²) in [5.41, 5.74) is 1.41. The van der Waals surface area contributed by atoms with Crippen LogP contribution in [0.1, 0.15) is 18.9 Å². The quantitative estimate of drug-likeness (QED) is 0.715. The minimum absolute atomic E-state index is 0. The minimum Gasteiger partial charge on any atom is -0.317 e. The van der Waals surface area contributed by atoms with Gasteiger partial charge >= 0.3 is 0 Å². The minimum atomic E-state index is 0. The molecule has 1 aromatic rings. The molecular formula is C13H24Cl2N2. The molecule has 0 bridgehead atoms. The lowest BCUT2D eigenvalue weighted by atomic mass is 10.1. The Hall–Kier alpha value is -0.280. The van der Waals surface area contributed by atoms with Crippen molar-refractivity contribution in [1.82, 2.24) is 10.6 Å². The summed E-state index contributed by atoms with van der Waals surface area (Å²) < 4.78 is 0. The first-order valence-electron chi connectivity index (χ1n) is 5.89. The van der Waals surface area contributed by atoms with E-state index in [-0.39, 0.29) is 24.8 Å². The molecule has 0 saturated carbocycles. The van der Waals surface area contributed by atoms with Crippen molar-refractivity contribution in [3.8, 4) is 0 Å². The fourth-order valence-electron chi connectivity index (χ4n) is 1.52. The summed E-state index contributed by atoms with van der Waals surface area (Å²) in [6, 6.07) is 10.6. The summed E-state index contributed by atoms with van der Waals surface area (Å²) in [6.07, 6.45) is 2.34. The zero-order valence-electron chi connectivity index (χ0n) is 10.4.